The molecule has 0 radical (unpaired) electrons. The highest BCUT2D eigenvalue weighted by molar-refractivity contribution is 7.91. The van der Waals surface area contributed by atoms with Gasteiger partial charge in [-0.05, 0) is 55.6 Å². The molecule has 1 aliphatic rings. The van der Waals surface area contributed by atoms with Gasteiger partial charge in [0, 0.05) is 6.54 Å². The Labute approximate surface area is 127 Å². The average molecular weight is 306 g/mol. The Kier molecular flexibility index (Phi) is 4.70. The van der Waals surface area contributed by atoms with Gasteiger partial charge in [-0.2, -0.15) is 5.26 Å². The topological polar surface area (TPSA) is 61.2 Å². The van der Waals surface area contributed by atoms with Gasteiger partial charge in [0.05, 0.1) is 22.3 Å². The zero-order valence-electron chi connectivity index (χ0n) is 12.7. The third-order valence-electron chi connectivity index (χ3n) is 4.23. The van der Waals surface area contributed by atoms with Crippen molar-refractivity contribution in [2.75, 3.05) is 25.4 Å². The van der Waals surface area contributed by atoms with Crippen LogP contribution in [-0.4, -0.2) is 38.7 Å². The van der Waals surface area contributed by atoms with Crippen LogP contribution in [0.4, 0.5) is 0 Å². The molecule has 4 nitrogen and oxygen atoms in total. The van der Waals surface area contributed by atoms with Crippen molar-refractivity contribution in [2.45, 2.75) is 31.6 Å². The monoisotopic (exact) mass is 306 g/mol. The number of likely N-dealkylation sites (tertiary alicyclic amines) is 1. The lowest BCUT2D eigenvalue weighted by Crippen LogP contribution is -2.39. The van der Waals surface area contributed by atoms with Crippen LogP contribution in [-0.2, 0) is 9.84 Å². The van der Waals surface area contributed by atoms with E-state index in [1.54, 1.807) is 12.1 Å². The van der Waals surface area contributed by atoms with E-state index in [4.69, 9.17) is 5.26 Å². The summed E-state index contributed by atoms with van der Waals surface area (Å²) in [6.45, 7) is 7.04. The minimum absolute atomic E-state index is 0.138. The number of piperidine rings is 1. The summed E-state index contributed by atoms with van der Waals surface area (Å²) in [6, 6.07) is 8.14. The van der Waals surface area contributed by atoms with Gasteiger partial charge >= 0.3 is 0 Å². The van der Waals surface area contributed by atoms with Gasteiger partial charge < -0.3 is 4.90 Å². The minimum Gasteiger partial charge on any atom is -0.302 e. The summed E-state index contributed by atoms with van der Waals surface area (Å²) in [7, 11) is -3.26. The van der Waals surface area contributed by atoms with Crippen LogP contribution in [0.25, 0.3) is 0 Å². The van der Waals surface area contributed by atoms with Crippen LogP contribution in [0.15, 0.2) is 29.2 Å². The van der Waals surface area contributed by atoms with E-state index in [9.17, 15) is 8.42 Å². The van der Waals surface area contributed by atoms with Gasteiger partial charge in [0.15, 0.2) is 9.84 Å². The number of rotatable bonds is 4. The lowest BCUT2D eigenvalue weighted by Gasteiger charge is -2.36. The fraction of sp³-hybridized carbons (Fsp3) is 0.562. The van der Waals surface area contributed by atoms with Crippen molar-refractivity contribution < 1.29 is 8.42 Å². The van der Waals surface area contributed by atoms with Crippen molar-refractivity contribution >= 4 is 9.84 Å². The first-order valence-electron chi connectivity index (χ1n) is 7.28. The maximum atomic E-state index is 12.3. The summed E-state index contributed by atoms with van der Waals surface area (Å²) < 4.78 is 24.6. The van der Waals surface area contributed by atoms with E-state index in [0.717, 1.165) is 25.9 Å². The Bertz CT molecular complexity index is 617. The molecule has 0 saturated carbocycles. The predicted molar refractivity (Wildman–Crippen MR) is 82.7 cm³/mol. The van der Waals surface area contributed by atoms with Crippen molar-refractivity contribution in [3.05, 3.63) is 29.8 Å². The van der Waals surface area contributed by atoms with Gasteiger partial charge in [-0.1, -0.05) is 13.8 Å². The molecule has 21 heavy (non-hydrogen) atoms. The maximum Gasteiger partial charge on any atom is 0.179 e. The fourth-order valence-electron chi connectivity index (χ4n) is 2.49. The Morgan fingerprint density at radius 1 is 1.19 bits per heavy atom. The molecule has 1 aliphatic heterocycles. The Balaban J connectivity index is 1.94. The summed E-state index contributed by atoms with van der Waals surface area (Å²) in [5.74, 6) is 0.138. The van der Waals surface area contributed by atoms with E-state index < -0.39 is 9.84 Å². The summed E-state index contributed by atoms with van der Waals surface area (Å²) in [5, 5.41) is 8.74. The molecular weight excluding hydrogens is 284 g/mol. The molecule has 0 unspecified atom stereocenters. The Morgan fingerprint density at radius 2 is 1.76 bits per heavy atom. The molecule has 0 bridgehead atoms. The first kappa shape index (κ1) is 16.0. The predicted octanol–water partition coefficient (Wildman–Crippen LogP) is 2.45. The second kappa shape index (κ2) is 6.17. The lowest BCUT2D eigenvalue weighted by atomic mass is 9.83. The molecule has 1 fully saturated rings. The fourth-order valence-corrected chi connectivity index (χ4v) is 3.77. The molecule has 0 atom stereocenters. The van der Waals surface area contributed by atoms with Crippen molar-refractivity contribution in [1.82, 2.24) is 4.90 Å². The van der Waals surface area contributed by atoms with Crippen LogP contribution in [0.2, 0.25) is 0 Å². The first-order chi connectivity index (χ1) is 9.82. The molecule has 0 aromatic heterocycles. The van der Waals surface area contributed by atoms with Crippen molar-refractivity contribution in [3.63, 3.8) is 0 Å². The van der Waals surface area contributed by atoms with E-state index in [-0.39, 0.29) is 5.75 Å². The van der Waals surface area contributed by atoms with Crippen LogP contribution >= 0.6 is 0 Å². The van der Waals surface area contributed by atoms with Crippen molar-refractivity contribution in [1.29, 1.82) is 5.26 Å². The third-order valence-corrected chi connectivity index (χ3v) is 5.94. The van der Waals surface area contributed by atoms with Crippen LogP contribution in [0.1, 0.15) is 32.3 Å². The number of sulfone groups is 1. The van der Waals surface area contributed by atoms with Gasteiger partial charge in [0.1, 0.15) is 0 Å². The van der Waals surface area contributed by atoms with Crippen molar-refractivity contribution in [2.24, 2.45) is 5.41 Å². The molecule has 1 saturated heterocycles. The molecule has 114 valence electrons. The smallest absolute Gasteiger partial charge is 0.179 e. The molecule has 5 heteroatoms. The molecular formula is C16H22N2O2S. The highest BCUT2D eigenvalue weighted by atomic mass is 32.2. The molecule has 0 spiro atoms. The number of hydrogen-bond donors (Lipinski definition) is 0. The van der Waals surface area contributed by atoms with Gasteiger partial charge in [0.2, 0.25) is 0 Å². The van der Waals surface area contributed by atoms with Crippen LogP contribution < -0.4 is 0 Å². The van der Waals surface area contributed by atoms with E-state index in [1.165, 1.54) is 12.1 Å². The standard InChI is InChI=1S/C16H22N2O2S/c1-16(2)7-9-18(10-8-16)11-12-21(19,20)15-5-3-14(13-17)4-6-15/h3-6H,7-12H2,1-2H3. The van der Waals surface area contributed by atoms with Gasteiger partial charge in [-0.3, -0.25) is 0 Å². The number of hydrogen-bond acceptors (Lipinski definition) is 4. The molecule has 0 N–H and O–H groups in total. The zero-order chi connectivity index (χ0) is 15.5. The van der Waals surface area contributed by atoms with E-state index in [2.05, 4.69) is 18.7 Å². The largest absolute Gasteiger partial charge is 0.302 e. The zero-order valence-corrected chi connectivity index (χ0v) is 13.5. The quantitative estimate of drug-likeness (QED) is 0.857. The van der Waals surface area contributed by atoms with Crippen LogP contribution in [0, 0.1) is 16.7 Å². The number of nitriles is 1. The second-order valence-corrected chi connectivity index (χ2v) is 8.57. The molecule has 0 amide bonds. The average Bonchev–Trinajstić information content (AvgIpc) is 2.46. The van der Waals surface area contributed by atoms with Crippen molar-refractivity contribution in [3.8, 4) is 6.07 Å². The SMILES string of the molecule is CC1(C)CCN(CCS(=O)(=O)c2ccc(C#N)cc2)CC1. The maximum absolute atomic E-state index is 12.3. The van der Waals surface area contributed by atoms with Gasteiger partial charge in [-0.15, -0.1) is 0 Å². The first-order valence-corrected chi connectivity index (χ1v) is 8.93. The normalized spacial score (nSPS) is 19.1. The van der Waals surface area contributed by atoms with Crippen LogP contribution in [0.3, 0.4) is 0 Å². The molecule has 1 aromatic rings. The summed E-state index contributed by atoms with van der Waals surface area (Å²) in [5.41, 5.74) is 0.856. The third kappa shape index (κ3) is 4.29. The Hall–Kier alpha value is -1.38. The van der Waals surface area contributed by atoms with Crippen LogP contribution in [0.5, 0.6) is 0 Å². The highest BCUT2D eigenvalue weighted by Crippen LogP contribution is 2.29. The van der Waals surface area contributed by atoms with E-state index >= 15 is 0 Å². The molecule has 1 heterocycles. The molecule has 1 aromatic carbocycles. The molecule has 2 rings (SSSR count). The summed E-state index contributed by atoms with van der Waals surface area (Å²) in [6.07, 6.45) is 2.23. The lowest BCUT2D eigenvalue weighted by molar-refractivity contribution is 0.139. The number of benzene rings is 1. The second-order valence-electron chi connectivity index (χ2n) is 6.46. The summed E-state index contributed by atoms with van der Waals surface area (Å²) in [4.78, 5) is 2.53. The Morgan fingerprint density at radius 3 is 2.29 bits per heavy atom. The minimum atomic E-state index is -3.26. The molecule has 0 aliphatic carbocycles. The van der Waals surface area contributed by atoms with Gasteiger partial charge in [-0.25, -0.2) is 8.42 Å². The highest BCUT2D eigenvalue weighted by Gasteiger charge is 2.26. The van der Waals surface area contributed by atoms with E-state index in [0.29, 0.717) is 22.4 Å². The van der Waals surface area contributed by atoms with Gasteiger partial charge in [0.25, 0.3) is 0 Å². The van der Waals surface area contributed by atoms with E-state index in [1.807, 2.05) is 6.07 Å². The number of nitrogens with zero attached hydrogens (tertiary/aromatic N) is 2. The summed E-state index contributed by atoms with van der Waals surface area (Å²) >= 11 is 0.